The standard InChI is InChI=1S/C25H32N4O5S3.ClH/c1-27(2)16-17-29(25-26-22-13-12-21(36(3,31)32)18-23(22)35-25)24(30)19-8-10-20(11-9-19)37(33,34)28-14-6-4-5-7-15-28;/h8-13,18H,4-7,14-17H2,1-3H3;1H. The van der Waals surface area contributed by atoms with E-state index in [0.717, 1.165) is 31.9 Å². The van der Waals surface area contributed by atoms with E-state index >= 15 is 0 Å². The minimum atomic E-state index is -3.61. The molecule has 13 heteroatoms. The number of benzene rings is 2. The van der Waals surface area contributed by atoms with Crippen LogP contribution in [0.1, 0.15) is 36.0 Å². The maximum absolute atomic E-state index is 13.6. The van der Waals surface area contributed by atoms with Crippen LogP contribution in [0.2, 0.25) is 0 Å². The maximum Gasteiger partial charge on any atom is 0.260 e. The van der Waals surface area contributed by atoms with Gasteiger partial charge in [-0.05, 0) is 69.4 Å². The van der Waals surface area contributed by atoms with Crippen LogP contribution in [-0.4, -0.2) is 83.5 Å². The summed E-state index contributed by atoms with van der Waals surface area (Å²) in [7, 11) is -3.18. The number of carbonyl (C=O) groups excluding carboxylic acids is 1. The molecule has 4 rings (SSSR count). The number of sulfone groups is 1. The first-order valence-electron chi connectivity index (χ1n) is 12.1. The van der Waals surface area contributed by atoms with E-state index in [4.69, 9.17) is 0 Å². The van der Waals surface area contributed by atoms with E-state index < -0.39 is 19.9 Å². The summed E-state index contributed by atoms with van der Waals surface area (Å²) < 4.78 is 52.4. The smallest absolute Gasteiger partial charge is 0.260 e. The summed E-state index contributed by atoms with van der Waals surface area (Å²) in [4.78, 5) is 22.1. The van der Waals surface area contributed by atoms with E-state index in [1.807, 2.05) is 19.0 Å². The van der Waals surface area contributed by atoms with Gasteiger partial charge in [0.15, 0.2) is 15.0 Å². The van der Waals surface area contributed by atoms with E-state index in [1.165, 1.54) is 33.8 Å². The molecule has 1 fully saturated rings. The third-order valence-electron chi connectivity index (χ3n) is 6.33. The number of halogens is 1. The van der Waals surface area contributed by atoms with Crippen LogP contribution in [0.25, 0.3) is 10.2 Å². The molecule has 0 N–H and O–H groups in total. The Morgan fingerprint density at radius 2 is 1.53 bits per heavy atom. The number of thiazole rings is 1. The number of hydrogen-bond donors (Lipinski definition) is 0. The molecule has 38 heavy (non-hydrogen) atoms. The SMILES string of the molecule is CN(C)CCN(C(=O)c1ccc(S(=O)(=O)N2CCCCCC2)cc1)c1nc2ccc(S(C)(=O)=O)cc2s1.Cl. The molecular weight excluding hydrogens is 568 g/mol. The predicted octanol–water partition coefficient (Wildman–Crippen LogP) is 3.89. The molecule has 0 bridgehead atoms. The van der Waals surface area contributed by atoms with Gasteiger partial charge in [-0.25, -0.2) is 21.8 Å². The van der Waals surface area contributed by atoms with Crippen molar-refractivity contribution in [3.05, 3.63) is 48.0 Å². The Morgan fingerprint density at radius 1 is 0.921 bits per heavy atom. The first kappa shape index (κ1) is 30.5. The topological polar surface area (TPSA) is 108 Å². The minimum absolute atomic E-state index is 0. The molecule has 3 aromatic rings. The third kappa shape index (κ3) is 6.91. The molecule has 1 saturated heterocycles. The lowest BCUT2D eigenvalue weighted by atomic mass is 10.2. The number of sulfonamides is 1. The normalized spacial score (nSPS) is 15.3. The number of rotatable bonds is 8. The van der Waals surface area contributed by atoms with Crippen LogP contribution in [0.4, 0.5) is 5.13 Å². The zero-order chi connectivity index (χ0) is 26.8. The number of hydrogen-bond acceptors (Lipinski definition) is 8. The summed E-state index contributed by atoms with van der Waals surface area (Å²) in [6.07, 6.45) is 4.92. The Kier molecular flexibility index (Phi) is 9.93. The van der Waals surface area contributed by atoms with Crippen LogP contribution in [-0.2, 0) is 19.9 Å². The fourth-order valence-electron chi connectivity index (χ4n) is 4.18. The van der Waals surface area contributed by atoms with E-state index in [2.05, 4.69) is 4.98 Å². The summed E-state index contributed by atoms with van der Waals surface area (Å²) in [6.45, 7) is 1.97. The molecule has 1 aliphatic heterocycles. The number of fused-ring (bicyclic) bond motifs is 1. The Bertz CT molecular complexity index is 1480. The molecule has 0 radical (unpaired) electrons. The average molecular weight is 601 g/mol. The van der Waals surface area contributed by atoms with Gasteiger partial charge in [0.05, 0.1) is 20.0 Å². The Hall–Kier alpha value is -2.09. The Balaban J connectivity index is 0.00000400. The van der Waals surface area contributed by atoms with Gasteiger partial charge in [0.2, 0.25) is 10.0 Å². The van der Waals surface area contributed by atoms with Crippen molar-refractivity contribution in [2.45, 2.75) is 35.5 Å². The van der Waals surface area contributed by atoms with E-state index in [1.54, 1.807) is 29.2 Å². The van der Waals surface area contributed by atoms with Crippen molar-refractivity contribution in [2.24, 2.45) is 0 Å². The fourth-order valence-corrected chi connectivity index (χ4v) is 7.45. The van der Waals surface area contributed by atoms with Gasteiger partial charge in [-0.1, -0.05) is 24.2 Å². The Morgan fingerprint density at radius 3 is 2.11 bits per heavy atom. The van der Waals surface area contributed by atoms with Crippen molar-refractivity contribution in [2.75, 3.05) is 51.4 Å². The molecule has 1 aromatic heterocycles. The number of carbonyl (C=O) groups is 1. The number of aromatic nitrogens is 1. The predicted molar refractivity (Wildman–Crippen MR) is 154 cm³/mol. The third-order valence-corrected chi connectivity index (χ3v) is 10.4. The number of anilines is 1. The monoisotopic (exact) mass is 600 g/mol. The summed E-state index contributed by atoms with van der Waals surface area (Å²) in [5, 5.41) is 0.453. The fraction of sp³-hybridized carbons (Fsp3) is 0.440. The van der Waals surface area contributed by atoms with Crippen LogP contribution in [0.15, 0.2) is 52.3 Å². The molecule has 1 amide bonds. The summed E-state index contributed by atoms with van der Waals surface area (Å²) in [6, 6.07) is 10.8. The second-order valence-corrected chi connectivity index (χ2v) is 14.5. The van der Waals surface area contributed by atoms with Gasteiger partial charge in [-0.15, -0.1) is 12.4 Å². The molecule has 0 spiro atoms. The van der Waals surface area contributed by atoms with Crippen molar-refractivity contribution < 1.29 is 21.6 Å². The second kappa shape index (κ2) is 12.4. The highest BCUT2D eigenvalue weighted by Gasteiger charge is 2.27. The Labute approximate surface area is 234 Å². The van der Waals surface area contributed by atoms with Crippen LogP contribution < -0.4 is 4.90 Å². The molecule has 9 nitrogen and oxygen atoms in total. The lowest BCUT2D eigenvalue weighted by Gasteiger charge is -2.22. The highest BCUT2D eigenvalue weighted by Crippen LogP contribution is 2.32. The number of nitrogens with zero attached hydrogens (tertiary/aromatic N) is 4. The largest absolute Gasteiger partial charge is 0.308 e. The van der Waals surface area contributed by atoms with Crippen LogP contribution in [0, 0.1) is 0 Å². The molecular formula is C25H33ClN4O5S3. The van der Waals surface area contributed by atoms with Gasteiger partial charge in [0.25, 0.3) is 5.91 Å². The number of likely N-dealkylation sites (N-methyl/N-ethyl adjacent to an activating group) is 1. The molecule has 2 aromatic carbocycles. The van der Waals surface area contributed by atoms with Gasteiger partial charge in [-0.2, -0.15) is 4.31 Å². The first-order valence-corrected chi connectivity index (χ1v) is 16.3. The maximum atomic E-state index is 13.6. The van der Waals surface area contributed by atoms with Crippen molar-refractivity contribution in [3.63, 3.8) is 0 Å². The van der Waals surface area contributed by atoms with E-state index in [9.17, 15) is 21.6 Å². The lowest BCUT2D eigenvalue weighted by molar-refractivity contribution is 0.0985. The summed E-state index contributed by atoms with van der Waals surface area (Å²) in [5.74, 6) is -0.303. The first-order chi connectivity index (χ1) is 17.5. The zero-order valence-electron chi connectivity index (χ0n) is 21.7. The average Bonchev–Trinajstić information content (AvgIpc) is 3.06. The molecule has 2 heterocycles. The molecule has 1 aliphatic rings. The summed E-state index contributed by atoms with van der Waals surface area (Å²) in [5.41, 5.74) is 0.957. The van der Waals surface area contributed by atoms with Crippen LogP contribution >= 0.6 is 23.7 Å². The highest BCUT2D eigenvalue weighted by atomic mass is 35.5. The van der Waals surface area contributed by atoms with Gasteiger partial charge in [0.1, 0.15) is 0 Å². The van der Waals surface area contributed by atoms with Gasteiger partial charge < -0.3 is 4.90 Å². The van der Waals surface area contributed by atoms with Crippen LogP contribution in [0.3, 0.4) is 0 Å². The minimum Gasteiger partial charge on any atom is -0.308 e. The van der Waals surface area contributed by atoms with E-state index in [-0.39, 0.29) is 28.1 Å². The van der Waals surface area contributed by atoms with Crippen molar-refractivity contribution in [1.29, 1.82) is 0 Å². The van der Waals surface area contributed by atoms with E-state index in [0.29, 0.717) is 47.1 Å². The lowest BCUT2D eigenvalue weighted by Crippen LogP contribution is -2.36. The van der Waals surface area contributed by atoms with Crippen molar-refractivity contribution >= 4 is 64.9 Å². The molecule has 208 valence electrons. The summed E-state index contributed by atoms with van der Waals surface area (Å²) >= 11 is 1.25. The molecule has 0 saturated carbocycles. The zero-order valence-corrected chi connectivity index (χ0v) is 24.9. The molecule has 0 atom stereocenters. The molecule has 0 aliphatic carbocycles. The van der Waals surface area contributed by atoms with Crippen molar-refractivity contribution in [1.82, 2.24) is 14.2 Å². The highest BCUT2D eigenvalue weighted by molar-refractivity contribution is 7.90. The quantitative estimate of drug-likeness (QED) is 0.386. The van der Waals surface area contributed by atoms with Gasteiger partial charge >= 0.3 is 0 Å². The number of amides is 1. The van der Waals surface area contributed by atoms with Gasteiger partial charge in [-0.3, -0.25) is 9.69 Å². The molecule has 0 unspecified atom stereocenters. The van der Waals surface area contributed by atoms with Gasteiger partial charge in [0, 0.05) is 38.0 Å². The van der Waals surface area contributed by atoms with Crippen LogP contribution in [0.5, 0.6) is 0 Å². The second-order valence-electron chi connectivity index (χ2n) is 9.50. The van der Waals surface area contributed by atoms with Crippen molar-refractivity contribution in [3.8, 4) is 0 Å².